The molecule has 0 N–H and O–H groups in total. The molecule has 1 aromatic heterocycles. The lowest BCUT2D eigenvalue weighted by atomic mass is 9.93. The standard InChI is InChI=1S/C16H14ClFN2O/c1-10-6-11-4-2-3-5-14(11)20(9-10)16(21)13-7-12(18)8-19-15(13)17/h2-5,7-8,10H,6,9H2,1H3. The van der Waals surface area contributed by atoms with Gasteiger partial charge in [0.1, 0.15) is 11.0 Å². The summed E-state index contributed by atoms with van der Waals surface area (Å²) in [6.45, 7) is 2.67. The molecular formula is C16H14ClFN2O. The van der Waals surface area contributed by atoms with Crippen LogP contribution in [0, 0.1) is 11.7 Å². The molecule has 108 valence electrons. The maximum absolute atomic E-state index is 13.4. The van der Waals surface area contributed by atoms with Crippen molar-refractivity contribution in [3.8, 4) is 0 Å². The second kappa shape index (κ2) is 5.45. The van der Waals surface area contributed by atoms with Gasteiger partial charge in [0.2, 0.25) is 0 Å². The van der Waals surface area contributed by atoms with Crippen LogP contribution in [0.2, 0.25) is 5.15 Å². The van der Waals surface area contributed by atoms with E-state index in [4.69, 9.17) is 11.6 Å². The first-order chi connectivity index (χ1) is 10.1. The molecule has 2 heterocycles. The summed E-state index contributed by atoms with van der Waals surface area (Å²) in [6, 6.07) is 8.90. The van der Waals surface area contributed by atoms with Crippen molar-refractivity contribution >= 4 is 23.2 Å². The highest BCUT2D eigenvalue weighted by atomic mass is 35.5. The lowest BCUT2D eigenvalue weighted by Crippen LogP contribution is -2.39. The highest BCUT2D eigenvalue weighted by Crippen LogP contribution is 2.31. The molecule has 1 amide bonds. The van der Waals surface area contributed by atoms with Crippen molar-refractivity contribution in [3.05, 3.63) is 58.6 Å². The fourth-order valence-corrected chi connectivity index (χ4v) is 2.89. The normalized spacial score (nSPS) is 17.5. The Kier molecular flexibility index (Phi) is 3.64. The van der Waals surface area contributed by atoms with Gasteiger partial charge in [-0.2, -0.15) is 0 Å². The number of nitrogens with zero attached hydrogens (tertiary/aromatic N) is 2. The molecule has 1 unspecified atom stereocenters. The summed E-state index contributed by atoms with van der Waals surface area (Å²) in [7, 11) is 0. The lowest BCUT2D eigenvalue weighted by molar-refractivity contribution is 0.0980. The fourth-order valence-electron chi connectivity index (χ4n) is 2.71. The monoisotopic (exact) mass is 304 g/mol. The van der Waals surface area contributed by atoms with Gasteiger partial charge >= 0.3 is 0 Å². The van der Waals surface area contributed by atoms with Gasteiger partial charge in [-0.15, -0.1) is 0 Å². The molecule has 0 radical (unpaired) electrons. The average molecular weight is 305 g/mol. The number of carbonyl (C=O) groups excluding carboxylic acids is 1. The first kappa shape index (κ1) is 14.0. The van der Waals surface area contributed by atoms with Crippen LogP contribution in [0.4, 0.5) is 10.1 Å². The van der Waals surface area contributed by atoms with Crippen molar-refractivity contribution in [2.24, 2.45) is 5.92 Å². The number of carbonyl (C=O) groups is 1. The quantitative estimate of drug-likeness (QED) is 0.752. The minimum Gasteiger partial charge on any atom is -0.308 e. The van der Waals surface area contributed by atoms with E-state index in [0.29, 0.717) is 12.5 Å². The number of fused-ring (bicyclic) bond motifs is 1. The van der Waals surface area contributed by atoms with Gasteiger partial charge in [0.25, 0.3) is 5.91 Å². The zero-order chi connectivity index (χ0) is 15.0. The van der Waals surface area contributed by atoms with E-state index in [-0.39, 0.29) is 16.6 Å². The minimum atomic E-state index is -0.568. The Morgan fingerprint density at radius 1 is 1.43 bits per heavy atom. The van der Waals surface area contributed by atoms with E-state index < -0.39 is 5.82 Å². The summed E-state index contributed by atoms with van der Waals surface area (Å²) in [5.41, 5.74) is 2.08. The molecule has 0 aliphatic carbocycles. The zero-order valence-corrected chi connectivity index (χ0v) is 12.3. The van der Waals surface area contributed by atoms with Gasteiger partial charge < -0.3 is 4.90 Å². The molecule has 3 rings (SSSR count). The first-order valence-electron chi connectivity index (χ1n) is 6.77. The third-order valence-electron chi connectivity index (χ3n) is 3.63. The number of rotatable bonds is 1. The van der Waals surface area contributed by atoms with Crippen LogP contribution in [0.1, 0.15) is 22.8 Å². The summed E-state index contributed by atoms with van der Waals surface area (Å²) >= 11 is 5.95. The SMILES string of the molecule is CC1Cc2ccccc2N(C(=O)c2cc(F)cnc2Cl)C1. The van der Waals surface area contributed by atoms with E-state index >= 15 is 0 Å². The highest BCUT2D eigenvalue weighted by molar-refractivity contribution is 6.33. The van der Waals surface area contributed by atoms with E-state index in [1.54, 1.807) is 4.90 Å². The summed E-state index contributed by atoms with van der Waals surface area (Å²) in [5.74, 6) is -0.545. The number of hydrogen-bond acceptors (Lipinski definition) is 2. The number of para-hydroxylation sites is 1. The van der Waals surface area contributed by atoms with Gasteiger partial charge in [0.15, 0.2) is 0 Å². The number of pyridine rings is 1. The number of amides is 1. The van der Waals surface area contributed by atoms with E-state index in [2.05, 4.69) is 11.9 Å². The van der Waals surface area contributed by atoms with Crippen molar-refractivity contribution in [3.63, 3.8) is 0 Å². The van der Waals surface area contributed by atoms with Crippen molar-refractivity contribution in [1.29, 1.82) is 0 Å². The molecule has 1 aliphatic rings. The van der Waals surface area contributed by atoms with E-state index in [0.717, 1.165) is 29.9 Å². The number of hydrogen-bond donors (Lipinski definition) is 0. The molecule has 0 saturated heterocycles. The second-order valence-electron chi connectivity index (χ2n) is 5.35. The lowest BCUT2D eigenvalue weighted by Gasteiger charge is -2.33. The maximum Gasteiger partial charge on any atom is 0.261 e. The Morgan fingerprint density at radius 3 is 3.00 bits per heavy atom. The first-order valence-corrected chi connectivity index (χ1v) is 7.15. The molecule has 1 aliphatic heterocycles. The van der Waals surface area contributed by atoms with Gasteiger partial charge in [0, 0.05) is 12.2 Å². The molecule has 0 saturated carbocycles. The van der Waals surface area contributed by atoms with Crippen LogP contribution in [0.15, 0.2) is 36.5 Å². The predicted molar refractivity (Wildman–Crippen MR) is 80.2 cm³/mol. The highest BCUT2D eigenvalue weighted by Gasteiger charge is 2.28. The molecule has 0 spiro atoms. The van der Waals surface area contributed by atoms with Crippen LogP contribution < -0.4 is 4.90 Å². The Hall–Kier alpha value is -1.94. The van der Waals surface area contributed by atoms with E-state index in [1.165, 1.54) is 0 Å². The molecule has 2 aromatic rings. The molecule has 3 nitrogen and oxygen atoms in total. The molecule has 0 fully saturated rings. The van der Waals surface area contributed by atoms with Gasteiger partial charge in [-0.1, -0.05) is 36.7 Å². The number of benzene rings is 1. The van der Waals surface area contributed by atoms with Crippen LogP contribution in [0.3, 0.4) is 0 Å². The van der Waals surface area contributed by atoms with Crippen LogP contribution in [0.5, 0.6) is 0 Å². The number of halogens is 2. The van der Waals surface area contributed by atoms with Crippen LogP contribution in [-0.2, 0) is 6.42 Å². The smallest absolute Gasteiger partial charge is 0.261 e. The summed E-state index contributed by atoms with van der Waals surface area (Å²) in [5, 5.41) is 0.0251. The third-order valence-corrected chi connectivity index (χ3v) is 3.93. The Balaban J connectivity index is 2.04. The minimum absolute atomic E-state index is 0.0251. The number of anilines is 1. The fraction of sp³-hybridized carbons (Fsp3) is 0.250. The van der Waals surface area contributed by atoms with Crippen LogP contribution >= 0.6 is 11.6 Å². The molecule has 1 aromatic carbocycles. The van der Waals surface area contributed by atoms with Crippen molar-refractivity contribution in [1.82, 2.24) is 4.98 Å². The Bertz CT molecular complexity index is 704. The second-order valence-corrected chi connectivity index (χ2v) is 5.70. The maximum atomic E-state index is 13.4. The Morgan fingerprint density at radius 2 is 2.19 bits per heavy atom. The van der Waals surface area contributed by atoms with Crippen molar-refractivity contribution < 1.29 is 9.18 Å². The van der Waals surface area contributed by atoms with E-state index in [9.17, 15) is 9.18 Å². The molecule has 0 bridgehead atoms. The van der Waals surface area contributed by atoms with Crippen LogP contribution in [-0.4, -0.2) is 17.4 Å². The summed E-state index contributed by atoms with van der Waals surface area (Å²) < 4.78 is 13.4. The molecule has 5 heteroatoms. The van der Waals surface area contributed by atoms with Crippen molar-refractivity contribution in [2.45, 2.75) is 13.3 Å². The zero-order valence-electron chi connectivity index (χ0n) is 11.5. The van der Waals surface area contributed by atoms with Crippen LogP contribution in [0.25, 0.3) is 0 Å². The van der Waals surface area contributed by atoms with Crippen molar-refractivity contribution in [2.75, 3.05) is 11.4 Å². The molecular weight excluding hydrogens is 291 g/mol. The topological polar surface area (TPSA) is 33.2 Å². The summed E-state index contributed by atoms with van der Waals surface area (Å²) in [4.78, 5) is 18.1. The molecule has 1 atom stereocenters. The largest absolute Gasteiger partial charge is 0.308 e. The predicted octanol–water partition coefficient (Wildman–Crippen LogP) is 3.71. The average Bonchev–Trinajstić information content (AvgIpc) is 2.48. The van der Waals surface area contributed by atoms with Gasteiger partial charge in [0.05, 0.1) is 11.8 Å². The summed E-state index contributed by atoms with van der Waals surface area (Å²) in [6.07, 6.45) is 1.93. The Labute approximate surface area is 127 Å². The van der Waals surface area contributed by atoms with Gasteiger partial charge in [-0.05, 0) is 30.0 Å². The molecule has 21 heavy (non-hydrogen) atoms. The van der Waals surface area contributed by atoms with Gasteiger partial charge in [-0.25, -0.2) is 9.37 Å². The van der Waals surface area contributed by atoms with Gasteiger partial charge in [-0.3, -0.25) is 4.79 Å². The third kappa shape index (κ3) is 2.63. The van der Waals surface area contributed by atoms with E-state index in [1.807, 2.05) is 24.3 Å². The number of aromatic nitrogens is 1.